The third-order valence-electron chi connectivity index (χ3n) is 5.30. The lowest BCUT2D eigenvalue weighted by Gasteiger charge is -2.39. The van der Waals surface area contributed by atoms with Crippen molar-refractivity contribution < 1.29 is 4.39 Å². The molecule has 0 radical (unpaired) electrons. The first kappa shape index (κ1) is 15.4. The van der Waals surface area contributed by atoms with E-state index in [1.807, 2.05) is 6.07 Å². The highest BCUT2D eigenvalue weighted by Crippen LogP contribution is 2.39. The van der Waals surface area contributed by atoms with Gasteiger partial charge in [-0.1, -0.05) is 15.9 Å². The van der Waals surface area contributed by atoms with E-state index in [-0.39, 0.29) is 11.9 Å². The van der Waals surface area contributed by atoms with E-state index in [1.165, 1.54) is 31.7 Å². The smallest absolute Gasteiger partial charge is 0.124 e. The van der Waals surface area contributed by atoms with Gasteiger partial charge in [0, 0.05) is 22.6 Å². The molecule has 2 heterocycles. The van der Waals surface area contributed by atoms with Crippen molar-refractivity contribution in [1.82, 2.24) is 10.3 Å². The number of halogens is 2. The van der Waals surface area contributed by atoms with Crippen molar-refractivity contribution in [1.29, 1.82) is 0 Å². The lowest BCUT2D eigenvalue weighted by Crippen LogP contribution is -2.49. The molecule has 0 aromatic heterocycles. The van der Waals surface area contributed by atoms with E-state index in [0.717, 1.165) is 16.5 Å². The Labute approximate surface area is 134 Å². The minimum Gasteiger partial charge on any atom is -0.300 e. The second kappa shape index (κ2) is 6.32. The molecule has 0 aliphatic carbocycles. The van der Waals surface area contributed by atoms with Crippen LogP contribution in [0, 0.1) is 11.7 Å². The Morgan fingerprint density at radius 3 is 2.57 bits per heavy atom. The largest absolute Gasteiger partial charge is 0.300 e. The normalized spacial score (nSPS) is 30.6. The Hall–Kier alpha value is -0.490. The maximum atomic E-state index is 13.5. The Morgan fingerprint density at radius 2 is 2.00 bits per heavy atom. The topological polar surface area (TPSA) is 41.3 Å². The highest BCUT2D eigenvalue weighted by Gasteiger charge is 2.40. The molecule has 3 nitrogen and oxygen atoms in total. The predicted octanol–water partition coefficient (Wildman–Crippen LogP) is 2.84. The van der Waals surface area contributed by atoms with E-state index >= 15 is 0 Å². The molecule has 0 spiro atoms. The molecule has 2 fully saturated rings. The average Bonchev–Trinajstić information content (AvgIpc) is 2.65. The number of fused-ring (bicyclic) bond motifs is 2. The molecule has 2 saturated heterocycles. The molecule has 116 valence electrons. The number of benzene rings is 1. The Bertz CT molecular complexity index is 476. The van der Waals surface area contributed by atoms with Gasteiger partial charge in [-0.3, -0.25) is 11.3 Å². The van der Waals surface area contributed by atoms with Gasteiger partial charge in [0.05, 0.1) is 0 Å². The number of rotatable bonds is 4. The maximum Gasteiger partial charge on any atom is 0.124 e. The molecule has 1 aromatic rings. The summed E-state index contributed by atoms with van der Waals surface area (Å²) in [7, 11) is 2.24. The molecule has 5 heteroatoms. The van der Waals surface area contributed by atoms with Crippen LogP contribution in [0.2, 0.25) is 0 Å². The standard InChI is InChI=1S/C16H23BrFN3/c1-21-14-2-3-15(21)8-11(7-14)16(20-19)6-10-4-12(17)9-13(18)5-10/h4-5,9,11,14-16,20H,2-3,6-8,19H2,1H3. The van der Waals surface area contributed by atoms with Crippen LogP contribution in [-0.4, -0.2) is 30.1 Å². The number of piperidine rings is 1. The minimum atomic E-state index is -0.196. The molecule has 0 amide bonds. The first-order chi connectivity index (χ1) is 10.1. The fourth-order valence-corrected chi connectivity index (χ4v) is 4.64. The van der Waals surface area contributed by atoms with Crippen molar-refractivity contribution in [3.63, 3.8) is 0 Å². The van der Waals surface area contributed by atoms with Crippen LogP contribution in [0.5, 0.6) is 0 Å². The molecule has 3 unspecified atom stereocenters. The summed E-state index contributed by atoms with van der Waals surface area (Å²) in [6, 6.07) is 6.70. The predicted molar refractivity (Wildman–Crippen MR) is 86.2 cm³/mol. The van der Waals surface area contributed by atoms with E-state index < -0.39 is 0 Å². The van der Waals surface area contributed by atoms with E-state index in [2.05, 4.69) is 33.3 Å². The second-order valence-electron chi connectivity index (χ2n) is 6.54. The summed E-state index contributed by atoms with van der Waals surface area (Å²) < 4.78 is 14.3. The fraction of sp³-hybridized carbons (Fsp3) is 0.625. The van der Waals surface area contributed by atoms with Crippen LogP contribution in [0.4, 0.5) is 4.39 Å². The van der Waals surface area contributed by atoms with Crippen molar-refractivity contribution in [3.05, 3.63) is 34.1 Å². The fourth-order valence-electron chi connectivity index (χ4n) is 4.13. The molecule has 3 rings (SSSR count). The van der Waals surface area contributed by atoms with E-state index in [1.54, 1.807) is 6.07 Å². The molecule has 1 aromatic carbocycles. The van der Waals surface area contributed by atoms with Gasteiger partial charge < -0.3 is 4.90 Å². The molecule has 2 bridgehead atoms. The molecule has 0 saturated carbocycles. The van der Waals surface area contributed by atoms with Crippen LogP contribution in [0.15, 0.2) is 22.7 Å². The molecule has 3 atom stereocenters. The summed E-state index contributed by atoms with van der Waals surface area (Å²) in [5, 5.41) is 0. The molecule has 2 aliphatic rings. The number of nitrogens with one attached hydrogen (secondary N) is 1. The van der Waals surface area contributed by atoms with Gasteiger partial charge in [-0.05, 0) is 68.8 Å². The Balaban J connectivity index is 1.71. The number of hydrazine groups is 1. The van der Waals surface area contributed by atoms with Gasteiger partial charge in [0.25, 0.3) is 0 Å². The second-order valence-corrected chi connectivity index (χ2v) is 7.45. The summed E-state index contributed by atoms with van der Waals surface area (Å²) in [4.78, 5) is 2.53. The van der Waals surface area contributed by atoms with Crippen molar-refractivity contribution in [2.24, 2.45) is 11.8 Å². The zero-order valence-electron chi connectivity index (χ0n) is 12.4. The van der Waals surface area contributed by atoms with Gasteiger partial charge in [0.15, 0.2) is 0 Å². The number of nitrogens with zero attached hydrogens (tertiary/aromatic N) is 1. The van der Waals surface area contributed by atoms with Crippen LogP contribution < -0.4 is 11.3 Å². The van der Waals surface area contributed by atoms with Crippen molar-refractivity contribution >= 4 is 15.9 Å². The summed E-state index contributed by atoms with van der Waals surface area (Å²) in [5.41, 5.74) is 3.98. The van der Waals surface area contributed by atoms with E-state index in [9.17, 15) is 4.39 Å². The monoisotopic (exact) mass is 355 g/mol. The van der Waals surface area contributed by atoms with Crippen molar-refractivity contribution in [2.45, 2.75) is 50.2 Å². The van der Waals surface area contributed by atoms with Gasteiger partial charge in [-0.2, -0.15) is 0 Å². The zero-order chi connectivity index (χ0) is 15.0. The summed E-state index contributed by atoms with van der Waals surface area (Å²) in [6.45, 7) is 0. The third kappa shape index (κ3) is 3.31. The van der Waals surface area contributed by atoms with Crippen LogP contribution in [-0.2, 0) is 6.42 Å². The first-order valence-electron chi connectivity index (χ1n) is 7.70. The van der Waals surface area contributed by atoms with Gasteiger partial charge in [0.2, 0.25) is 0 Å². The third-order valence-corrected chi connectivity index (χ3v) is 5.75. The summed E-state index contributed by atoms with van der Waals surface area (Å²) >= 11 is 3.36. The summed E-state index contributed by atoms with van der Waals surface area (Å²) in [6.07, 6.45) is 5.78. The van der Waals surface area contributed by atoms with Gasteiger partial charge >= 0.3 is 0 Å². The van der Waals surface area contributed by atoms with Gasteiger partial charge in [-0.25, -0.2) is 4.39 Å². The maximum absolute atomic E-state index is 13.5. The molecular formula is C16H23BrFN3. The number of hydrogen-bond donors (Lipinski definition) is 2. The van der Waals surface area contributed by atoms with Crippen molar-refractivity contribution in [3.8, 4) is 0 Å². The molecule has 2 aliphatic heterocycles. The van der Waals surface area contributed by atoms with Gasteiger partial charge in [0.1, 0.15) is 5.82 Å². The Morgan fingerprint density at radius 1 is 1.33 bits per heavy atom. The van der Waals surface area contributed by atoms with Crippen LogP contribution in [0.25, 0.3) is 0 Å². The Kier molecular flexibility index (Phi) is 4.64. The number of hydrogen-bond acceptors (Lipinski definition) is 3. The molecular weight excluding hydrogens is 333 g/mol. The average molecular weight is 356 g/mol. The SMILES string of the molecule is CN1C2CCC1CC(C(Cc1cc(F)cc(Br)c1)NN)C2. The first-order valence-corrected chi connectivity index (χ1v) is 8.49. The highest BCUT2D eigenvalue weighted by atomic mass is 79.9. The highest BCUT2D eigenvalue weighted by molar-refractivity contribution is 9.10. The quantitative estimate of drug-likeness (QED) is 0.644. The summed E-state index contributed by atoms with van der Waals surface area (Å²) in [5.74, 6) is 6.18. The number of nitrogens with two attached hydrogens (primary N) is 1. The molecule has 3 N–H and O–H groups in total. The lowest BCUT2D eigenvalue weighted by atomic mass is 9.83. The molecule has 21 heavy (non-hydrogen) atoms. The van der Waals surface area contributed by atoms with E-state index in [4.69, 9.17) is 5.84 Å². The minimum absolute atomic E-state index is 0.196. The van der Waals surface area contributed by atoms with Crippen molar-refractivity contribution in [2.75, 3.05) is 7.05 Å². The van der Waals surface area contributed by atoms with E-state index in [0.29, 0.717) is 18.0 Å². The van der Waals surface area contributed by atoms with Crippen LogP contribution >= 0.6 is 15.9 Å². The van der Waals surface area contributed by atoms with Crippen LogP contribution in [0.3, 0.4) is 0 Å². The lowest BCUT2D eigenvalue weighted by molar-refractivity contribution is 0.112. The zero-order valence-corrected chi connectivity index (χ0v) is 13.9. The van der Waals surface area contributed by atoms with Crippen LogP contribution in [0.1, 0.15) is 31.2 Å². The van der Waals surface area contributed by atoms with Gasteiger partial charge in [-0.15, -0.1) is 0 Å².